The van der Waals surface area contributed by atoms with Crippen molar-refractivity contribution in [3.05, 3.63) is 70.3 Å². The standard InChI is InChI=1S/C26H28FN5O2/c1-17(33)12-21(19-5-6-20(16-28)24(27)14-19)13-23-15-25(32(2)31-23)34-11-9-22-8-7-18-4-3-10-29-26(18)30-22/h5-8,14-15,21H,3-4,9-13H2,1-2H3,(H,29,30). The van der Waals surface area contributed by atoms with Crippen molar-refractivity contribution < 1.29 is 13.9 Å². The molecule has 3 aromatic rings. The minimum absolute atomic E-state index is 0.00853. The number of carbonyl (C=O) groups excluding carboxylic acids is 1. The van der Waals surface area contributed by atoms with Crippen LogP contribution in [-0.4, -0.2) is 33.7 Å². The predicted octanol–water partition coefficient (Wildman–Crippen LogP) is 4.11. The quantitative estimate of drug-likeness (QED) is 0.516. The number of ketones is 1. The average molecular weight is 462 g/mol. The van der Waals surface area contributed by atoms with E-state index in [-0.39, 0.29) is 23.7 Å². The number of aryl methyl sites for hydroxylation is 2. The van der Waals surface area contributed by atoms with Crippen LogP contribution in [-0.2, 0) is 31.1 Å². The van der Waals surface area contributed by atoms with Gasteiger partial charge in [-0.3, -0.25) is 0 Å². The van der Waals surface area contributed by atoms with Crippen LogP contribution in [0.1, 0.15) is 53.8 Å². The first-order valence-corrected chi connectivity index (χ1v) is 11.5. The largest absolute Gasteiger partial charge is 0.477 e. The zero-order chi connectivity index (χ0) is 24.1. The number of fused-ring (bicyclic) bond motifs is 1. The number of hydrogen-bond acceptors (Lipinski definition) is 6. The number of Topliss-reactive ketones (excluding diaryl/α,β-unsaturated/α-hetero) is 1. The highest BCUT2D eigenvalue weighted by atomic mass is 19.1. The summed E-state index contributed by atoms with van der Waals surface area (Å²) in [4.78, 5) is 16.6. The number of carbonyl (C=O) groups is 1. The Labute approximate surface area is 198 Å². The minimum Gasteiger partial charge on any atom is -0.477 e. The number of nitrogens with zero attached hydrogens (tertiary/aromatic N) is 4. The van der Waals surface area contributed by atoms with Gasteiger partial charge in [0.25, 0.3) is 0 Å². The highest BCUT2D eigenvalue weighted by Crippen LogP contribution is 2.27. The van der Waals surface area contributed by atoms with E-state index in [0.29, 0.717) is 30.9 Å². The molecule has 0 fully saturated rings. The summed E-state index contributed by atoms with van der Waals surface area (Å²) in [6.07, 6.45) is 3.58. The van der Waals surface area contributed by atoms with Gasteiger partial charge >= 0.3 is 0 Å². The molecule has 0 amide bonds. The Hall–Kier alpha value is -3.73. The number of hydrogen-bond donors (Lipinski definition) is 1. The summed E-state index contributed by atoms with van der Waals surface area (Å²) < 4.78 is 21.8. The van der Waals surface area contributed by atoms with Gasteiger partial charge in [0.2, 0.25) is 5.88 Å². The molecule has 0 saturated heterocycles. The van der Waals surface area contributed by atoms with Gasteiger partial charge in [-0.2, -0.15) is 10.4 Å². The molecule has 1 N–H and O–H groups in total. The monoisotopic (exact) mass is 461 g/mol. The van der Waals surface area contributed by atoms with Gasteiger partial charge in [-0.1, -0.05) is 12.1 Å². The van der Waals surface area contributed by atoms with E-state index in [1.54, 1.807) is 17.8 Å². The van der Waals surface area contributed by atoms with Crippen LogP contribution >= 0.6 is 0 Å². The molecule has 2 aromatic heterocycles. The van der Waals surface area contributed by atoms with Crippen LogP contribution in [0.25, 0.3) is 0 Å². The number of ether oxygens (including phenoxy) is 1. The molecule has 1 atom stereocenters. The molecule has 3 heterocycles. The van der Waals surface area contributed by atoms with Crippen molar-refractivity contribution in [3.63, 3.8) is 0 Å². The summed E-state index contributed by atoms with van der Waals surface area (Å²) in [6.45, 7) is 2.93. The lowest BCUT2D eigenvalue weighted by molar-refractivity contribution is -0.117. The molecule has 0 saturated carbocycles. The van der Waals surface area contributed by atoms with E-state index in [2.05, 4.69) is 16.5 Å². The van der Waals surface area contributed by atoms with Crippen LogP contribution in [0.3, 0.4) is 0 Å². The Morgan fingerprint density at radius 2 is 2.15 bits per heavy atom. The highest BCUT2D eigenvalue weighted by molar-refractivity contribution is 5.76. The van der Waals surface area contributed by atoms with Crippen molar-refractivity contribution in [2.24, 2.45) is 7.05 Å². The third-order valence-corrected chi connectivity index (χ3v) is 6.02. The summed E-state index contributed by atoms with van der Waals surface area (Å²) in [5.74, 6) is 0.787. The average Bonchev–Trinajstić information content (AvgIpc) is 3.17. The fourth-order valence-corrected chi connectivity index (χ4v) is 4.29. The second-order valence-electron chi connectivity index (χ2n) is 8.69. The van der Waals surface area contributed by atoms with Crippen molar-refractivity contribution in [2.45, 2.75) is 44.9 Å². The first-order chi connectivity index (χ1) is 16.4. The Bertz CT molecular complexity index is 1230. The first kappa shape index (κ1) is 23.4. The molecule has 1 aliphatic rings. The molecule has 34 heavy (non-hydrogen) atoms. The number of nitriles is 1. The van der Waals surface area contributed by atoms with Crippen LogP contribution in [0, 0.1) is 17.1 Å². The second-order valence-corrected chi connectivity index (χ2v) is 8.69. The topological polar surface area (TPSA) is 92.8 Å². The van der Waals surface area contributed by atoms with Crippen LogP contribution < -0.4 is 10.1 Å². The van der Waals surface area contributed by atoms with Crippen molar-refractivity contribution >= 4 is 11.6 Å². The van der Waals surface area contributed by atoms with Gasteiger partial charge in [-0.25, -0.2) is 14.1 Å². The van der Waals surface area contributed by atoms with Crippen LogP contribution in [0.2, 0.25) is 0 Å². The molecule has 1 aromatic carbocycles. The third-order valence-electron chi connectivity index (χ3n) is 6.02. The lowest BCUT2D eigenvalue weighted by Gasteiger charge is -2.17. The number of halogens is 1. The van der Waals surface area contributed by atoms with E-state index < -0.39 is 5.82 Å². The number of benzene rings is 1. The van der Waals surface area contributed by atoms with E-state index in [0.717, 1.165) is 36.6 Å². The molecule has 0 radical (unpaired) electrons. The molecule has 0 aliphatic carbocycles. The van der Waals surface area contributed by atoms with Gasteiger partial charge in [0.1, 0.15) is 23.5 Å². The van der Waals surface area contributed by atoms with Crippen LogP contribution in [0.4, 0.5) is 10.2 Å². The van der Waals surface area contributed by atoms with E-state index in [9.17, 15) is 9.18 Å². The predicted molar refractivity (Wildman–Crippen MR) is 126 cm³/mol. The minimum atomic E-state index is -0.579. The molecule has 8 heteroatoms. The van der Waals surface area contributed by atoms with Gasteiger partial charge in [-0.05, 0) is 61.4 Å². The fourth-order valence-electron chi connectivity index (χ4n) is 4.29. The van der Waals surface area contributed by atoms with Gasteiger partial charge in [-0.15, -0.1) is 0 Å². The Kier molecular flexibility index (Phi) is 7.21. The Morgan fingerprint density at radius 1 is 1.29 bits per heavy atom. The Balaban J connectivity index is 1.41. The molecular weight excluding hydrogens is 433 g/mol. The van der Waals surface area contributed by atoms with Crippen molar-refractivity contribution in [2.75, 3.05) is 18.5 Å². The molecular formula is C26H28FN5O2. The van der Waals surface area contributed by atoms with Crippen molar-refractivity contribution in [3.8, 4) is 11.9 Å². The van der Waals surface area contributed by atoms with E-state index in [4.69, 9.17) is 15.0 Å². The van der Waals surface area contributed by atoms with Crippen molar-refractivity contribution in [1.82, 2.24) is 14.8 Å². The number of aromatic nitrogens is 3. The third kappa shape index (κ3) is 5.60. The van der Waals surface area contributed by atoms with Gasteiger partial charge < -0.3 is 14.8 Å². The maximum atomic E-state index is 14.2. The van der Waals surface area contributed by atoms with E-state index in [1.807, 2.05) is 18.2 Å². The molecule has 0 bridgehead atoms. The summed E-state index contributed by atoms with van der Waals surface area (Å²) in [7, 11) is 1.81. The zero-order valence-corrected chi connectivity index (χ0v) is 19.5. The molecule has 7 nitrogen and oxygen atoms in total. The molecule has 1 aliphatic heterocycles. The summed E-state index contributed by atoms with van der Waals surface area (Å²) >= 11 is 0. The van der Waals surface area contributed by atoms with Gasteiger partial charge in [0, 0.05) is 38.2 Å². The number of nitrogens with one attached hydrogen (secondary N) is 1. The molecule has 0 spiro atoms. The Morgan fingerprint density at radius 3 is 2.91 bits per heavy atom. The van der Waals surface area contributed by atoms with Gasteiger partial charge in [0.05, 0.1) is 17.9 Å². The molecule has 176 valence electrons. The fraction of sp³-hybridized carbons (Fsp3) is 0.385. The molecule has 1 unspecified atom stereocenters. The summed E-state index contributed by atoms with van der Waals surface area (Å²) in [6, 6.07) is 12.4. The number of anilines is 1. The maximum Gasteiger partial charge on any atom is 0.211 e. The number of pyridine rings is 1. The lowest BCUT2D eigenvalue weighted by atomic mass is 9.89. The highest BCUT2D eigenvalue weighted by Gasteiger charge is 2.19. The second kappa shape index (κ2) is 10.5. The lowest BCUT2D eigenvalue weighted by Crippen LogP contribution is -2.14. The van der Waals surface area contributed by atoms with Crippen molar-refractivity contribution in [1.29, 1.82) is 5.26 Å². The first-order valence-electron chi connectivity index (χ1n) is 11.5. The number of rotatable bonds is 9. The summed E-state index contributed by atoms with van der Waals surface area (Å²) in [5, 5.41) is 16.9. The maximum absolute atomic E-state index is 14.2. The van der Waals surface area contributed by atoms with Crippen LogP contribution in [0.5, 0.6) is 5.88 Å². The van der Waals surface area contributed by atoms with E-state index in [1.165, 1.54) is 24.6 Å². The molecule has 4 rings (SSSR count). The zero-order valence-electron chi connectivity index (χ0n) is 19.5. The SMILES string of the molecule is CC(=O)CC(Cc1cc(OCCc2ccc3c(n2)NCCC3)n(C)n1)c1ccc(C#N)c(F)c1. The van der Waals surface area contributed by atoms with Crippen LogP contribution in [0.15, 0.2) is 36.4 Å². The smallest absolute Gasteiger partial charge is 0.211 e. The summed E-state index contributed by atoms with van der Waals surface area (Å²) in [5.41, 5.74) is 3.65. The van der Waals surface area contributed by atoms with Gasteiger partial charge in [0.15, 0.2) is 0 Å². The van der Waals surface area contributed by atoms with E-state index >= 15 is 0 Å². The normalized spacial score (nSPS) is 13.5.